The maximum absolute atomic E-state index is 5.40. The second-order valence-corrected chi connectivity index (χ2v) is 5.98. The molecule has 0 atom stereocenters. The summed E-state index contributed by atoms with van der Waals surface area (Å²) < 4.78 is 0. The number of rotatable bonds is 2. The lowest BCUT2D eigenvalue weighted by molar-refractivity contribution is 0.288. The minimum atomic E-state index is 0.798. The van der Waals surface area contributed by atoms with Crippen molar-refractivity contribution in [3.05, 3.63) is 47.0 Å². The Bertz CT molecular complexity index is 711. The van der Waals surface area contributed by atoms with Crippen molar-refractivity contribution in [3.63, 3.8) is 0 Å². The molecule has 1 fully saturated rings. The maximum Gasteiger partial charge on any atom is 0.185 e. The van der Waals surface area contributed by atoms with Gasteiger partial charge in [0.25, 0.3) is 0 Å². The van der Waals surface area contributed by atoms with Gasteiger partial charge in [-0.3, -0.25) is 4.90 Å². The van der Waals surface area contributed by atoms with E-state index in [9.17, 15) is 0 Å². The summed E-state index contributed by atoms with van der Waals surface area (Å²) in [4.78, 5) is 9.08. The standard InChI is InChI=1S/C18H17N3S/c1-2-16-5-3-6-17(15-16)7-4-9-20-10-12-21(13-11-20)18-19-8-14-22-18/h1,3,5-6,8,14-15H,9-13H2. The van der Waals surface area contributed by atoms with E-state index in [2.05, 4.69) is 32.5 Å². The summed E-state index contributed by atoms with van der Waals surface area (Å²) in [6.07, 6.45) is 7.27. The van der Waals surface area contributed by atoms with Gasteiger partial charge in [0.05, 0.1) is 6.54 Å². The largest absolute Gasteiger partial charge is 0.346 e. The number of hydrogen-bond acceptors (Lipinski definition) is 4. The number of benzene rings is 1. The highest BCUT2D eigenvalue weighted by Crippen LogP contribution is 2.18. The van der Waals surface area contributed by atoms with Gasteiger partial charge in [-0.15, -0.1) is 17.8 Å². The molecule has 22 heavy (non-hydrogen) atoms. The van der Waals surface area contributed by atoms with Crippen LogP contribution in [0, 0.1) is 24.2 Å². The summed E-state index contributed by atoms with van der Waals surface area (Å²) in [6.45, 7) is 4.88. The van der Waals surface area contributed by atoms with E-state index in [1.165, 1.54) is 0 Å². The normalized spacial score (nSPS) is 15.0. The zero-order valence-electron chi connectivity index (χ0n) is 12.3. The molecule has 1 aliphatic heterocycles. The van der Waals surface area contributed by atoms with Crippen LogP contribution in [0.1, 0.15) is 11.1 Å². The first-order valence-corrected chi connectivity index (χ1v) is 8.15. The molecule has 0 radical (unpaired) electrons. The predicted molar refractivity (Wildman–Crippen MR) is 92.0 cm³/mol. The maximum atomic E-state index is 5.40. The van der Waals surface area contributed by atoms with Crippen LogP contribution >= 0.6 is 11.3 Å². The molecule has 0 aliphatic carbocycles. The van der Waals surface area contributed by atoms with Crippen LogP contribution < -0.4 is 4.90 Å². The fourth-order valence-electron chi connectivity index (χ4n) is 2.41. The van der Waals surface area contributed by atoms with Gasteiger partial charge in [0, 0.05) is 48.9 Å². The van der Waals surface area contributed by atoms with Crippen molar-refractivity contribution < 1.29 is 0 Å². The first-order valence-electron chi connectivity index (χ1n) is 7.27. The number of nitrogens with zero attached hydrogens (tertiary/aromatic N) is 3. The molecule has 3 rings (SSSR count). The second kappa shape index (κ2) is 7.13. The molecule has 1 aromatic carbocycles. The monoisotopic (exact) mass is 307 g/mol. The van der Waals surface area contributed by atoms with Crippen molar-refractivity contribution in [1.82, 2.24) is 9.88 Å². The van der Waals surface area contributed by atoms with Gasteiger partial charge in [-0.2, -0.15) is 0 Å². The van der Waals surface area contributed by atoms with Crippen molar-refractivity contribution in [2.24, 2.45) is 0 Å². The highest BCUT2D eigenvalue weighted by molar-refractivity contribution is 7.13. The zero-order chi connectivity index (χ0) is 15.2. The minimum absolute atomic E-state index is 0.798. The Balaban J connectivity index is 1.51. The zero-order valence-corrected chi connectivity index (χ0v) is 13.1. The van der Waals surface area contributed by atoms with Crippen LogP contribution in [0.3, 0.4) is 0 Å². The van der Waals surface area contributed by atoms with E-state index in [4.69, 9.17) is 6.42 Å². The fraction of sp³-hybridized carbons (Fsp3) is 0.278. The molecule has 1 saturated heterocycles. The number of piperazine rings is 1. The van der Waals surface area contributed by atoms with Crippen molar-refractivity contribution in [2.75, 3.05) is 37.6 Å². The van der Waals surface area contributed by atoms with Gasteiger partial charge in [0.2, 0.25) is 0 Å². The molecule has 0 N–H and O–H groups in total. The molecule has 1 aliphatic rings. The van der Waals surface area contributed by atoms with Crippen LogP contribution in [0.2, 0.25) is 0 Å². The van der Waals surface area contributed by atoms with Gasteiger partial charge in [0.15, 0.2) is 5.13 Å². The first-order chi connectivity index (χ1) is 10.8. The number of thiazole rings is 1. The van der Waals surface area contributed by atoms with E-state index < -0.39 is 0 Å². The molecule has 4 heteroatoms. The molecule has 0 amide bonds. The Morgan fingerprint density at radius 3 is 2.73 bits per heavy atom. The Morgan fingerprint density at radius 1 is 1.18 bits per heavy atom. The van der Waals surface area contributed by atoms with Crippen LogP contribution in [0.5, 0.6) is 0 Å². The Labute approximate surface area is 135 Å². The second-order valence-electron chi connectivity index (χ2n) is 5.10. The summed E-state index contributed by atoms with van der Waals surface area (Å²) in [7, 11) is 0. The van der Waals surface area contributed by atoms with E-state index in [0.29, 0.717) is 0 Å². The average Bonchev–Trinajstić information content (AvgIpc) is 3.10. The van der Waals surface area contributed by atoms with Crippen molar-refractivity contribution in [2.45, 2.75) is 0 Å². The number of aromatic nitrogens is 1. The van der Waals surface area contributed by atoms with Crippen LogP contribution in [-0.2, 0) is 0 Å². The number of anilines is 1. The third-order valence-corrected chi connectivity index (χ3v) is 4.46. The predicted octanol–water partition coefficient (Wildman–Crippen LogP) is 2.30. The third-order valence-electron chi connectivity index (χ3n) is 3.63. The summed E-state index contributed by atoms with van der Waals surface area (Å²) in [5.74, 6) is 9.08. The highest BCUT2D eigenvalue weighted by atomic mass is 32.1. The Kier molecular flexibility index (Phi) is 4.75. The molecule has 0 saturated carbocycles. The molecule has 3 nitrogen and oxygen atoms in total. The molecule has 0 unspecified atom stereocenters. The summed E-state index contributed by atoms with van der Waals surface area (Å²) in [6, 6.07) is 7.82. The molecule has 2 heterocycles. The van der Waals surface area contributed by atoms with Crippen molar-refractivity contribution in [1.29, 1.82) is 0 Å². The van der Waals surface area contributed by atoms with Gasteiger partial charge in [-0.1, -0.05) is 23.8 Å². The van der Waals surface area contributed by atoms with Crippen molar-refractivity contribution >= 4 is 16.5 Å². The Hall–Kier alpha value is -2.27. The summed E-state index contributed by atoms with van der Waals surface area (Å²) in [5, 5.41) is 3.15. The molecule has 0 spiro atoms. The van der Waals surface area contributed by atoms with Crippen LogP contribution in [-0.4, -0.2) is 42.6 Å². The quantitative estimate of drug-likeness (QED) is 0.794. The minimum Gasteiger partial charge on any atom is -0.346 e. The van der Waals surface area contributed by atoms with Gasteiger partial charge in [-0.25, -0.2) is 4.98 Å². The van der Waals surface area contributed by atoms with E-state index in [-0.39, 0.29) is 0 Å². The van der Waals surface area contributed by atoms with Crippen molar-refractivity contribution in [3.8, 4) is 24.2 Å². The average molecular weight is 307 g/mol. The van der Waals surface area contributed by atoms with Gasteiger partial charge in [-0.05, 0) is 18.2 Å². The number of terminal acetylenes is 1. The van der Waals surface area contributed by atoms with Gasteiger partial charge in [0.1, 0.15) is 0 Å². The summed E-state index contributed by atoms with van der Waals surface area (Å²) in [5.41, 5.74) is 1.86. The van der Waals surface area contributed by atoms with E-state index in [1.807, 2.05) is 35.8 Å². The SMILES string of the molecule is C#Cc1cccc(C#CCN2CCN(c3nccs3)CC2)c1. The fourth-order valence-corrected chi connectivity index (χ4v) is 3.11. The highest BCUT2D eigenvalue weighted by Gasteiger charge is 2.17. The molecule has 0 bridgehead atoms. The lowest BCUT2D eigenvalue weighted by Crippen LogP contribution is -2.46. The third kappa shape index (κ3) is 3.68. The van der Waals surface area contributed by atoms with Crippen LogP contribution in [0.25, 0.3) is 0 Å². The van der Waals surface area contributed by atoms with Crippen LogP contribution in [0.4, 0.5) is 5.13 Å². The smallest absolute Gasteiger partial charge is 0.185 e. The van der Waals surface area contributed by atoms with E-state index in [0.717, 1.165) is 49.0 Å². The van der Waals surface area contributed by atoms with Gasteiger partial charge < -0.3 is 4.90 Å². The lowest BCUT2D eigenvalue weighted by Gasteiger charge is -2.33. The van der Waals surface area contributed by atoms with E-state index in [1.54, 1.807) is 11.3 Å². The number of hydrogen-bond donors (Lipinski definition) is 0. The summed E-state index contributed by atoms with van der Waals surface area (Å²) >= 11 is 1.70. The van der Waals surface area contributed by atoms with E-state index >= 15 is 0 Å². The van der Waals surface area contributed by atoms with Crippen LogP contribution in [0.15, 0.2) is 35.8 Å². The lowest BCUT2D eigenvalue weighted by atomic mass is 10.1. The first kappa shape index (κ1) is 14.7. The Morgan fingerprint density at radius 2 is 2.00 bits per heavy atom. The molecular formula is C18H17N3S. The van der Waals surface area contributed by atoms with Gasteiger partial charge >= 0.3 is 0 Å². The molecule has 1 aromatic heterocycles. The molecular weight excluding hydrogens is 290 g/mol. The molecule has 2 aromatic rings. The molecule has 110 valence electrons. The topological polar surface area (TPSA) is 19.4 Å².